The summed E-state index contributed by atoms with van der Waals surface area (Å²) >= 11 is 0. The van der Waals surface area contributed by atoms with Crippen molar-refractivity contribution in [3.63, 3.8) is 0 Å². The second-order valence-electron chi connectivity index (χ2n) is 7.67. The molecule has 3 rings (SSSR count). The summed E-state index contributed by atoms with van der Waals surface area (Å²) < 4.78 is 34.8. The number of carbonyl (C=O) groups is 1. The van der Waals surface area contributed by atoms with Crippen molar-refractivity contribution in [2.45, 2.75) is 51.6 Å². The zero-order valence-corrected chi connectivity index (χ0v) is 15.4. The van der Waals surface area contributed by atoms with Crippen LogP contribution in [0.15, 0.2) is 0 Å². The van der Waals surface area contributed by atoms with Gasteiger partial charge < -0.3 is 4.74 Å². The number of likely N-dealkylation sites (tertiary alicyclic amines) is 1. The Hall–Kier alpha value is -0.700. The molecule has 0 amide bonds. The molecule has 0 aliphatic carbocycles. The van der Waals surface area contributed by atoms with Crippen molar-refractivity contribution >= 4 is 16.2 Å². The van der Waals surface area contributed by atoms with Crippen molar-refractivity contribution < 1.29 is 17.9 Å². The summed E-state index contributed by atoms with van der Waals surface area (Å²) in [7, 11) is -3.42. The van der Waals surface area contributed by atoms with Crippen molar-refractivity contribution in [1.29, 1.82) is 0 Å². The molecule has 1 N–H and O–H groups in total. The van der Waals surface area contributed by atoms with Gasteiger partial charge in [-0.25, -0.2) is 0 Å². The Morgan fingerprint density at radius 2 is 1.71 bits per heavy atom. The molecule has 3 atom stereocenters. The molecule has 138 valence electrons. The SMILES string of the molecule is CC1CC(C)CN(S(=O)(=O)NC2CCN(C3CCOC3=O)CC2)C1. The van der Waals surface area contributed by atoms with Crippen LogP contribution in [0, 0.1) is 11.8 Å². The number of hydrogen-bond acceptors (Lipinski definition) is 5. The predicted molar refractivity (Wildman–Crippen MR) is 90.5 cm³/mol. The van der Waals surface area contributed by atoms with E-state index in [0.717, 1.165) is 38.8 Å². The lowest BCUT2D eigenvalue weighted by Gasteiger charge is -2.37. The largest absolute Gasteiger partial charge is 0.464 e. The number of rotatable bonds is 4. The molecule has 24 heavy (non-hydrogen) atoms. The fourth-order valence-corrected chi connectivity index (χ4v) is 5.94. The fourth-order valence-electron chi connectivity index (χ4n) is 4.23. The Balaban J connectivity index is 1.52. The molecule has 7 nitrogen and oxygen atoms in total. The monoisotopic (exact) mass is 359 g/mol. The van der Waals surface area contributed by atoms with E-state index in [-0.39, 0.29) is 18.1 Å². The van der Waals surface area contributed by atoms with Gasteiger partial charge in [0.2, 0.25) is 0 Å². The summed E-state index contributed by atoms with van der Waals surface area (Å²) in [5, 5.41) is 0. The van der Waals surface area contributed by atoms with E-state index >= 15 is 0 Å². The van der Waals surface area contributed by atoms with E-state index in [2.05, 4.69) is 23.5 Å². The fraction of sp³-hybridized carbons (Fsp3) is 0.938. The second-order valence-corrected chi connectivity index (χ2v) is 9.37. The van der Waals surface area contributed by atoms with Gasteiger partial charge >= 0.3 is 5.97 Å². The van der Waals surface area contributed by atoms with Crippen molar-refractivity contribution in [3.05, 3.63) is 0 Å². The number of cyclic esters (lactones) is 1. The first-order valence-electron chi connectivity index (χ1n) is 9.03. The Kier molecular flexibility index (Phi) is 5.48. The average Bonchev–Trinajstić information content (AvgIpc) is 2.93. The number of esters is 1. The highest BCUT2D eigenvalue weighted by atomic mass is 32.2. The van der Waals surface area contributed by atoms with E-state index in [1.54, 1.807) is 4.31 Å². The molecular weight excluding hydrogens is 330 g/mol. The minimum Gasteiger partial charge on any atom is -0.464 e. The third-order valence-electron chi connectivity index (χ3n) is 5.37. The molecule has 3 aliphatic rings. The molecule has 0 aromatic heterocycles. The van der Waals surface area contributed by atoms with Gasteiger partial charge in [-0.15, -0.1) is 0 Å². The zero-order chi connectivity index (χ0) is 17.3. The van der Waals surface area contributed by atoms with Crippen LogP contribution in [0.5, 0.6) is 0 Å². The van der Waals surface area contributed by atoms with E-state index in [1.807, 2.05) is 0 Å². The van der Waals surface area contributed by atoms with Crippen LogP contribution in [-0.4, -0.2) is 68.5 Å². The summed E-state index contributed by atoms with van der Waals surface area (Å²) in [6.07, 6.45) is 3.31. The van der Waals surface area contributed by atoms with Gasteiger partial charge in [-0.05, 0) is 31.1 Å². The summed E-state index contributed by atoms with van der Waals surface area (Å²) in [5.74, 6) is 0.673. The van der Waals surface area contributed by atoms with Crippen LogP contribution < -0.4 is 4.72 Å². The van der Waals surface area contributed by atoms with Crippen molar-refractivity contribution in [3.8, 4) is 0 Å². The molecule has 0 saturated carbocycles. The summed E-state index contributed by atoms with van der Waals surface area (Å²) in [4.78, 5) is 13.8. The van der Waals surface area contributed by atoms with Crippen LogP contribution in [0.3, 0.4) is 0 Å². The normalized spacial score (nSPS) is 34.4. The Labute approximate surface area is 144 Å². The Morgan fingerprint density at radius 3 is 2.25 bits per heavy atom. The van der Waals surface area contributed by atoms with Gasteiger partial charge in [0.25, 0.3) is 10.2 Å². The molecule has 0 spiro atoms. The highest BCUT2D eigenvalue weighted by molar-refractivity contribution is 7.87. The van der Waals surface area contributed by atoms with Gasteiger partial charge in [-0.3, -0.25) is 9.69 Å². The number of nitrogens with zero attached hydrogens (tertiary/aromatic N) is 2. The first-order chi connectivity index (χ1) is 11.3. The van der Waals surface area contributed by atoms with Crippen LogP contribution in [0.4, 0.5) is 0 Å². The third kappa shape index (κ3) is 4.09. The number of hydrogen-bond donors (Lipinski definition) is 1. The lowest BCUT2D eigenvalue weighted by molar-refractivity contribution is -0.142. The van der Waals surface area contributed by atoms with Gasteiger partial charge in [0.1, 0.15) is 6.04 Å². The number of piperidine rings is 2. The molecular formula is C16H29N3O4S. The summed E-state index contributed by atoms with van der Waals surface area (Å²) in [6.45, 7) is 7.40. The maximum Gasteiger partial charge on any atom is 0.323 e. The average molecular weight is 359 g/mol. The Morgan fingerprint density at radius 1 is 1.08 bits per heavy atom. The lowest BCUT2D eigenvalue weighted by Crippen LogP contribution is -2.54. The van der Waals surface area contributed by atoms with Crippen LogP contribution >= 0.6 is 0 Å². The number of ether oxygens (including phenoxy) is 1. The maximum absolute atomic E-state index is 12.7. The molecule has 0 radical (unpaired) electrons. The maximum atomic E-state index is 12.7. The van der Waals surface area contributed by atoms with Crippen molar-refractivity contribution in [1.82, 2.24) is 13.9 Å². The second kappa shape index (κ2) is 7.27. The molecule has 3 saturated heterocycles. The molecule has 3 aliphatic heterocycles. The van der Waals surface area contributed by atoms with Crippen LogP contribution in [0.2, 0.25) is 0 Å². The molecule has 3 unspecified atom stereocenters. The van der Waals surface area contributed by atoms with Gasteiger partial charge in [-0.2, -0.15) is 17.4 Å². The highest BCUT2D eigenvalue weighted by Gasteiger charge is 2.36. The molecule has 0 aromatic carbocycles. The van der Waals surface area contributed by atoms with Gasteiger partial charge in [-0.1, -0.05) is 13.8 Å². The minimum atomic E-state index is -3.42. The minimum absolute atomic E-state index is 0.0452. The third-order valence-corrected chi connectivity index (χ3v) is 6.98. The highest BCUT2D eigenvalue weighted by Crippen LogP contribution is 2.24. The van der Waals surface area contributed by atoms with E-state index in [9.17, 15) is 13.2 Å². The number of nitrogens with one attached hydrogen (secondary N) is 1. The van der Waals surface area contributed by atoms with Gasteiger partial charge in [0.15, 0.2) is 0 Å². The topological polar surface area (TPSA) is 79.0 Å². The molecule has 0 aromatic rings. The van der Waals surface area contributed by atoms with E-state index < -0.39 is 10.2 Å². The first-order valence-corrected chi connectivity index (χ1v) is 10.5. The zero-order valence-electron chi connectivity index (χ0n) is 14.6. The Bertz CT molecular complexity index is 550. The van der Waals surface area contributed by atoms with Crippen LogP contribution in [-0.2, 0) is 19.7 Å². The van der Waals surface area contributed by atoms with Crippen LogP contribution in [0.1, 0.15) is 39.5 Å². The first kappa shape index (κ1) is 18.1. The van der Waals surface area contributed by atoms with E-state index in [0.29, 0.717) is 31.5 Å². The van der Waals surface area contributed by atoms with Crippen molar-refractivity contribution in [2.24, 2.45) is 11.8 Å². The smallest absolute Gasteiger partial charge is 0.323 e. The van der Waals surface area contributed by atoms with Gasteiger partial charge in [0.05, 0.1) is 6.61 Å². The molecule has 3 fully saturated rings. The molecule has 0 bridgehead atoms. The molecule has 3 heterocycles. The quantitative estimate of drug-likeness (QED) is 0.743. The summed E-state index contributed by atoms with van der Waals surface area (Å²) in [6, 6.07) is -0.178. The predicted octanol–water partition coefficient (Wildman–Crippen LogP) is 0.579. The lowest BCUT2D eigenvalue weighted by atomic mass is 9.94. The van der Waals surface area contributed by atoms with Gasteiger partial charge in [0, 0.05) is 38.6 Å². The summed E-state index contributed by atoms with van der Waals surface area (Å²) in [5.41, 5.74) is 0. The standard InChI is InChI=1S/C16H29N3O4S/c1-12-9-13(2)11-19(10-12)24(21,22)17-14-3-6-18(7-4-14)15-5-8-23-16(15)20/h12-15,17H,3-11H2,1-2H3. The molecule has 8 heteroatoms. The van der Waals surface area contributed by atoms with E-state index in [1.165, 1.54) is 0 Å². The van der Waals surface area contributed by atoms with Crippen molar-refractivity contribution in [2.75, 3.05) is 32.8 Å². The van der Waals surface area contributed by atoms with E-state index in [4.69, 9.17) is 4.74 Å². The number of carbonyl (C=O) groups excluding carboxylic acids is 1. The van der Waals surface area contributed by atoms with Crippen LogP contribution in [0.25, 0.3) is 0 Å².